The van der Waals surface area contributed by atoms with Crippen molar-refractivity contribution in [1.29, 1.82) is 0 Å². The summed E-state index contributed by atoms with van der Waals surface area (Å²) in [5.41, 5.74) is 2.22. The van der Waals surface area contributed by atoms with Crippen molar-refractivity contribution in [2.24, 2.45) is 0 Å². The fourth-order valence-electron chi connectivity index (χ4n) is 3.11. The summed E-state index contributed by atoms with van der Waals surface area (Å²) < 4.78 is 6.05. The molecule has 0 aromatic heterocycles. The topological polar surface area (TPSA) is 70.0 Å². The number of hydrogen-bond donors (Lipinski definition) is 2. The zero-order valence-corrected chi connectivity index (χ0v) is 13.2. The van der Waals surface area contributed by atoms with Crippen LogP contribution >= 0.6 is 0 Å². The van der Waals surface area contributed by atoms with Gasteiger partial charge in [0.2, 0.25) is 0 Å². The largest absolute Gasteiger partial charge is 0.486 e. The van der Waals surface area contributed by atoms with Gasteiger partial charge in [-0.25, -0.2) is 0 Å². The number of aliphatic hydroxyl groups excluding tert-OH is 1. The van der Waals surface area contributed by atoms with E-state index in [0.717, 1.165) is 16.7 Å². The van der Waals surface area contributed by atoms with Crippen molar-refractivity contribution >= 4 is 5.97 Å². The highest BCUT2D eigenvalue weighted by Crippen LogP contribution is 2.42. The van der Waals surface area contributed by atoms with Gasteiger partial charge < -0.3 is 14.9 Å². The van der Waals surface area contributed by atoms with Crippen LogP contribution in [0, 0.1) is 13.8 Å². The molecule has 0 aliphatic carbocycles. The predicted molar refractivity (Wildman–Crippen MR) is 79.6 cm³/mol. The number of carboxylic acid groups (broad SMARTS) is 1. The number of ether oxygens (including phenoxy) is 1. The summed E-state index contributed by atoms with van der Waals surface area (Å²) in [6.45, 7) is 7.59. The summed E-state index contributed by atoms with van der Waals surface area (Å²) in [6.07, 6.45) is -0.785. The molecule has 116 valence electrons. The number of fused-ring (bicyclic) bond motifs is 1. The van der Waals surface area contributed by atoms with Crippen LogP contribution in [0.15, 0.2) is 12.1 Å². The lowest BCUT2D eigenvalue weighted by atomic mass is 9.84. The van der Waals surface area contributed by atoms with E-state index in [-0.39, 0.29) is 6.54 Å². The number of rotatable bonds is 3. The Morgan fingerprint density at radius 1 is 1.33 bits per heavy atom. The number of nitrogens with zero attached hydrogens (tertiary/aromatic N) is 1. The van der Waals surface area contributed by atoms with Crippen LogP contribution < -0.4 is 4.74 Å². The Morgan fingerprint density at radius 2 is 1.90 bits per heavy atom. The van der Waals surface area contributed by atoms with E-state index in [1.807, 2.05) is 39.8 Å². The number of carbonyl (C=O) groups is 1. The van der Waals surface area contributed by atoms with Gasteiger partial charge in [-0.1, -0.05) is 0 Å². The van der Waals surface area contributed by atoms with E-state index in [4.69, 9.17) is 9.84 Å². The zero-order chi connectivity index (χ0) is 15.9. The molecule has 0 spiro atoms. The van der Waals surface area contributed by atoms with Crippen LogP contribution in [-0.4, -0.2) is 46.3 Å². The Hall–Kier alpha value is -1.59. The van der Waals surface area contributed by atoms with E-state index in [1.165, 1.54) is 0 Å². The summed E-state index contributed by atoms with van der Waals surface area (Å²) in [4.78, 5) is 12.6. The first-order valence-corrected chi connectivity index (χ1v) is 7.03. The van der Waals surface area contributed by atoms with E-state index in [9.17, 15) is 9.90 Å². The second-order valence-corrected chi connectivity index (χ2v) is 6.38. The molecule has 1 aliphatic rings. The zero-order valence-electron chi connectivity index (χ0n) is 13.2. The monoisotopic (exact) mass is 293 g/mol. The second-order valence-electron chi connectivity index (χ2n) is 6.38. The predicted octanol–water partition coefficient (Wildman–Crippen LogP) is 1.89. The molecule has 21 heavy (non-hydrogen) atoms. The van der Waals surface area contributed by atoms with Crippen molar-refractivity contribution in [3.05, 3.63) is 28.8 Å². The summed E-state index contributed by atoms with van der Waals surface area (Å²) >= 11 is 0. The molecule has 1 aliphatic heterocycles. The Labute approximate surface area is 125 Å². The van der Waals surface area contributed by atoms with Crippen LogP contribution in [0.4, 0.5) is 0 Å². The smallest absolute Gasteiger partial charge is 0.317 e. The molecule has 0 bridgehead atoms. The molecule has 2 unspecified atom stereocenters. The van der Waals surface area contributed by atoms with E-state index in [0.29, 0.717) is 5.75 Å². The number of likely N-dealkylation sites (N-methyl/N-ethyl adjacent to an activating group) is 1. The molecule has 2 rings (SSSR count). The Kier molecular flexibility index (Phi) is 4.00. The molecule has 0 radical (unpaired) electrons. The Bertz CT molecular complexity index is 568. The molecule has 0 fully saturated rings. The van der Waals surface area contributed by atoms with Crippen molar-refractivity contribution in [3.8, 4) is 5.75 Å². The minimum Gasteiger partial charge on any atom is -0.486 e. The van der Waals surface area contributed by atoms with Gasteiger partial charge in [-0.05, 0) is 58.0 Å². The minimum absolute atomic E-state index is 0.144. The van der Waals surface area contributed by atoms with E-state index in [1.54, 1.807) is 11.9 Å². The summed E-state index contributed by atoms with van der Waals surface area (Å²) in [5.74, 6) is -0.248. The molecule has 1 aromatic carbocycles. The number of aliphatic hydroxyl groups is 1. The highest BCUT2D eigenvalue weighted by Gasteiger charge is 2.45. The first-order chi connectivity index (χ1) is 9.63. The van der Waals surface area contributed by atoms with Crippen molar-refractivity contribution in [3.63, 3.8) is 0 Å². The average molecular weight is 293 g/mol. The molecule has 1 aromatic rings. The number of carboxylic acids is 1. The van der Waals surface area contributed by atoms with Crippen LogP contribution in [-0.2, 0) is 4.79 Å². The van der Waals surface area contributed by atoms with Crippen LogP contribution in [0.25, 0.3) is 0 Å². The lowest BCUT2D eigenvalue weighted by Gasteiger charge is -2.46. The quantitative estimate of drug-likeness (QED) is 0.890. The van der Waals surface area contributed by atoms with Crippen molar-refractivity contribution in [1.82, 2.24) is 4.90 Å². The molecular formula is C16H23NO4. The molecule has 2 atom stereocenters. The molecule has 0 amide bonds. The lowest BCUT2D eigenvalue weighted by molar-refractivity contribution is -0.142. The van der Waals surface area contributed by atoms with Crippen LogP contribution in [0.3, 0.4) is 0 Å². The highest BCUT2D eigenvalue weighted by atomic mass is 16.5. The summed E-state index contributed by atoms with van der Waals surface area (Å²) in [7, 11) is 1.69. The third-order valence-corrected chi connectivity index (χ3v) is 4.19. The number of aryl methyl sites for hydroxylation is 2. The van der Waals surface area contributed by atoms with E-state index < -0.39 is 23.7 Å². The molecular weight excluding hydrogens is 270 g/mol. The fraction of sp³-hybridized carbons (Fsp3) is 0.562. The van der Waals surface area contributed by atoms with Crippen molar-refractivity contribution in [2.75, 3.05) is 13.6 Å². The van der Waals surface area contributed by atoms with E-state index in [2.05, 4.69) is 0 Å². The molecule has 5 nitrogen and oxygen atoms in total. The van der Waals surface area contributed by atoms with Gasteiger partial charge in [0, 0.05) is 5.56 Å². The van der Waals surface area contributed by atoms with Crippen LogP contribution in [0.2, 0.25) is 0 Å². The van der Waals surface area contributed by atoms with Gasteiger partial charge in [0.05, 0.1) is 12.6 Å². The average Bonchev–Trinajstić information content (AvgIpc) is 2.30. The summed E-state index contributed by atoms with van der Waals surface area (Å²) in [6, 6.07) is 3.43. The van der Waals surface area contributed by atoms with Crippen LogP contribution in [0.5, 0.6) is 5.75 Å². The number of benzene rings is 1. The maximum absolute atomic E-state index is 11.0. The van der Waals surface area contributed by atoms with Crippen LogP contribution in [0.1, 0.15) is 36.6 Å². The lowest BCUT2D eigenvalue weighted by Crippen LogP contribution is -2.57. The van der Waals surface area contributed by atoms with E-state index >= 15 is 0 Å². The fourth-order valence-corrected chi connectivity index (χ4v) is 3.11. The number of hydrogen-bond acceptors (Lipinski definition) is 4. The molecule has 0 saturated carbocycles. The normalized spacial score (nSPS) is 23.6. The first kappa shape index (κ1) is 15.8. The van der Waals surface area contributed by atoms with Crippen molar-refractivity contribution < 1.29 is 19.7 Å². The Balaban J connectivity index is 2.44. The van der Waals surface area contributed by atoms with Crippen molar-refractivity contribution in [2.45, 2.75) is 45.4 Å². The van der Waals surface area contributed by atoms with Gasteiger partial charge in [0.1, 0.15) is 17.5 Å². The van der Waals surface area contributed by atoms with Gasteiger partial charge in [0.25, 0.3) is 0 Å². The molecule has 0 saturated heterocycles. The maximum atomic E-state index is 11.0. The minimum atomic E-state index is -0.925. The molecule has 2 N–H and O–H groups in total. The summed E-state index contributed by atoms with van der Waals surface area (Å²) in [5, 5.41) is 19.7. The SMILES string of the molecule is Cc1cc2c(cc1C)C(O)C(N(C)CC(=O)O)C(C)(C)O2. The Morgan fingerprint density at radius 3 is 2.48 bits per heavy atom. The van der Waals surface area contributed by atoms with Gasteiger partial charge >= 0.3 is 5.97 Å². The molecule has 1 heterocycles. The third kappa shape index (κ3) is 2.89. The van der Waals surface area contributed by atoms with Gasteiger partial charge in [-0.2, -0.15) is 0 Å². The highest BCUT2D eigenvalue weighted by molar-refractivity contribution is 5.69. The van der Waals surface area contributed by atoms with Gasteiger partial charge in [-0.15, -0.1) is 0 Å². The standard InChI is InChI=1S/C16H23NO4/c1-9-6-11-12(7-10(9)2)21-16(3,4)15(14(11)20)17(5)8-13(18)19/h6-7,14-15,20H,8H2,1-5H3,(H,18,19). The maximum Gasteiger partial charge on any atom is 0.317 e. The van der Waals surface area contributed by atoms with Gasteiger partial charge in [-0.3, -0.25) is 9.69 Å². The van der Waals surface area contributed by atoms with Gasteiger partial charge in [0.15, 0.2) is 0 Å². The second kappa shape index (κ2) is 5.31. The number of aliphatic carboxylic acids is 1. The first-order valence-electron chi connectivity index (χ1n) is 7.03. The molecule has 5 heteroatoms. The third-order valence-electron chi connectivity index (χ3n) is 4.19.